The molecule has 1 aliphatic rings. The van der Waals surface area contributed by atoms with Crippen molar-refractivity contribution < 1.29 is 14.3 Å². The molecule has 1 amide bonds. The summed E-state index contributed by atoms with van der Waals surface area (Å²) in [5.74, 6) is -0.216. The molecule has 98 valence electrons. The average molecular weight is 242 g/mol. The van der Waals surface area contributed by atoms with E-state index in [2.05, 4.69) is 10.6 Å². The minimum atomic E-state index is -0.292. The zero-order valence-corrected chi connectivity index (χ0v) is 10.7. The number of carbonyl (C=O) groups is 2. The van der Waals surface area contributed by atoms with Crippen LogP contribution in [0.5, 0.6) is 0 Å². The third kappa shape index (κ3) is 4.34. The van der Waals surface area contributed by atoms with E-state index in [1.54, 1.807) is 6.92 Å². The highest BCUT2D eigenvalue weighted by molar-refractivity contribution is 5.82. The summed E-state index contributed by atoms with van der Waals surface area (Å²) >= 11 is 0. The first-order valence-electron chi connectivity index (χ1n) is 6.23. The van der Waals surface area contributed by atoms with E-state index in [4.69, 9.17) is 4.74 Å². The molecule has 1 saturated heterocycles. The Kier molecular flexibility index (Phi) is 5.41. The Bertz CT molecular complexity index is 273. The van der Waals surface area contributed by atoms with Crippen molar-refractivity contribution in [2.24, 2.45) is 5.41 Å². The van der Waals surface area contributed by atoms with Crippen LogP contribution in [0, 0.1) is 5.41 Å². The zero-order chi connectivity index (χ0) is 12.7. The molecule has 0 aromatic carbocycles. The van der Waals surface area contributed by atoms with Crippen LogP contribution < -0.4 is 10.6 Å². The Morgan fingerprint density at radius 2 is 2.00 bits per heavy atom. The molecule has 1 heterocycles. The van der Waals surface area contributed by atoms with Gasteiger partial charge in [-0.15, -0.1) is 0 Å². The van der Waals surface area contributed by atoms with Crippen LogP contribution >= 0.6 is 0 Å². The summed E-state index contributed by atoms with van der Waals surface area (Å²) in [4.78, 5) is 23.1. The van der Waals surface area contributed by atoms with Crippen molar-refractivity contribution in [3.05, 3.63) is 0 Å². The van der Waals surface area contributed by atoms with Gasteiger partial charge in [-0.1, -0.05) is 6.92 Å². The first-order chi connectivity index (χ1) is 8.08. The molecule has 0 saturated carbocycles. The Morgan fingerprint density at radius 1 is 1.35 bits per heavy atom. The van der Waals surface area contributed by atoms with Crippen LogP contribution in [0.25, 0.3) is 0 Å². The number of hydrogen-bond donors (Lipinski definition) is 2. The van der Waals surface area contributed by atoms with Gasteiger partial charge in [0.2, 0.25) is 5.91 Å². The van der Waals surface area contributed by atoms with Crippen molar-refractivity contribution in [3.8, 4) is 0 Å². The van der Waals surface area contributed by atoms with Gasteiger partial charge in [-0.2, -0.15) is 0 Å². The highest BCUT2D eigenvalue weighted by Gasteiger charge is 2.34. The third-order valence-electron chi connectivity index (χ3n) is 3.18. The second kappa shape index (κ2) is 6.59. The lowest BCUT2D eigenvalue weighted by atomic mass is 9.80. The van der Waals surface area contributed by atoms with Crippen molar-refractivity contribution in [2.75, 3.05) is 26.2 Å². The molecule has 0 atom stereocenters. The summed E-state index contributed by atoms with van der Waals surface area (Å²) in [6, 6.07) is 0. The lowest BCUT2D eigenvalue weighted by Crippen LogP contribution is -2.46. The van der Waals surface area contributed by atoms with Crippen molar-refractivity contribution in [1.82, 2.24) is 10.6 Å². The Labute approximate surface area is 102 Å². The molecular formula is C12H22N2O3. The molecule has 0 bridgehead atoms. The molecule has 1 rings (SSSR count). The average Bonchev–Trinajstić information content (AvgIpc) is 2.30. The summed E-state index contributed by atoms with van der Waals surface area (Å²) < 4.78 is 4.79. The van der Waals surface area contributed by atoms with E-state index in [-0.39, 0.29) is 23.7 Å². The van der Waals surface area contributed by atoms with Gasteiger partial charge in [0.25, 0.3) is 0 Å². The molecule has 1 fully saturated rings. The first kappa shape index (κ1) is 14.0. The van der Waals surface area contributed by atoms with Crippen molar-refractivity contribution >= 4 is 11.9 Å². The van der Waals surface area contributed by atoms with E-state index < -0.39 is 0 Å². The van der Waals surface area contributed by atoms with Gasteiger partial charge in [-0.25, -0.2) is 0 Å². The lowest BCUT2D eigenvalue weighted by molar-refractivity contribution is -0.143. The topological polar surface area (TPSA) is 67.4 Å². The Morgan fingerprint density at radius 3 is 2.59 bits per heavy atom. The number of hydrogen-bond acceptors (Lipinski definition) is 4. The smallest absolute Gasteiger partial charge is 0.307 e. The molecule has 17 heavy (non-hydrogen) atoms. The first-order valence-corrected chi connectivity index (χ1v) is 6.23. The van der Waals surface area contributed by atoms with E-state index >= 15 is 0 Å². The minimum absolute atomic E-state index is 0.0447. The number of ether oxygens (including phenoxy) is 1. The number of esters is 1. The molecule has 0 aliphatic carbocycles. The largest absolute Gasteiger partial charge is 0.466 e. The van der Waals surface area contributed by atoms with E-state index in [1.165, 1.54) is 0 Å². The SMILES string of the molecule is CCOC(=O)CCNC(=O)C1(C)CCNCC1. The van der Waals surface area contributed by atoms with Crippen LogP contribution in [-0.2, 0) is 14.3 Å². The van der Waals surface area contributed by atoms with Gasteiger partial charge in [0, 0.05) is 12.0 Å². The second-order valence-corrected chi connectivity index (χ2v) is 4.62. The summed E-state index contributed by atoms with van der Waals surface area (Å²) in [5, 5.41) is 6.05. The monoisotopic (exact) mass is 242 g/mol. The molecular weight excluding hydrogens is 220 g/mol. The van der Waals surface area contributed by atoms with E-state index in [0.717, 1.165) is 25.9 Å². The predicted octanol–water partition coefficient (Wildman–Crippen LogP) is 0.445. The fraction of sp³-hybridized carbons (Fsp3) is 0.833. The fourth-order valence-electron chi connectivity index (χ4n) is 1.93. The van der Waals surface area contributed by atoms with E-state index in [9.17, 15) is 9.59 Å². The van der Waals surface area contributed by atoms with Crippen LogP contribution in [-0.4, -0.2) is 38.1 Å². The van der Waals surface area contributed by atoms with Crippen molar-refractivity contribution in [3.63, 3.8) is 0 Å². The number of carbonyl (C=O) groups excluding carboxylic acids is 2. The Hall–Kier alpha value is -1.10. The van der Waals surface area contributed by atoms with Gasteiger partial charge in [0.1, 0.15) is 0 Å². The predicted molar refractivity (Wildman–Crippen MR) is 64.5 cm³/mol. The summed E-state index contributed by atoms with van der Waals surface area (Å²) in [6.45, 7) is 6.25. The number of nitrogens with one attached hydrogen (secondary N) is 2. The van der Waals surface area contributed by atoms with Gasteiger partial charge in [-0.3, -0.25) is 9.59 Å². The molecule has 0 aromatic rings. The zero-order valence-electron chi connectivity index (χ0n) is 10.7. The maximum atomic E-state index is 12.0. The van der Waals surface area contributed by atoms with E-state index in [1.807, 2.05) is 6.92 Å². The molecule has 0 radical (unpaired) electrons. The summed E-state index contributed by atoms with van der Waals surface area (Å²) in [5.41, 5.74) is -0.292. The second-order valence-electron chi connectivity index (χ2n) is 4.62. The van der Waals surface area contributed by atoms with Crippen molar-refractivity contribution in [2.45, 2.75) is 33.1 Å². The maximum absolute atomic E-state index is 12.0. The lowest BCUT2D eigenvalue weighted by Gasteiger charge is -2.32. The van der Waals surface area contributed by atoms with Crippen LogP contribution in [0.3, 0.4) is 0 Å². The molecule has 5 heteroatoms. The number of piperidine rings is 1. The normalized spacial score (nSPS) is 18.5. The highest BCUT2D eigenvalue weighted by Crippen LogP contribution is 2.27. The van der Waals surface area contributed by atoms with Gasteiger partial charge in [0.15, 0.2) is 0 Å². The third-order valence-corrected chi connectivity index (χ3v) is 3.18. The van der Waals surface area contributed by atoms with Gasteiger partial charge >= 0.3 is 5.97 Å². The fourth-order valence-corrected chi connectivity index (χ4v) is 1.93. The summed E-state index contributed by atoms with van der Waals surface area (Å²) in [6.07, 6.45) is 1.93. The standard InChI is InChI=1S/C12H22N2O3/c1-3-17-10(15)4-7-14-11(16)12(2)5-8-13-9-6-12/h13H,3-9H2,1-2H3,(H,14,16). The Balaban J connectivity index is 2.26. The van der Waals surface area contributed by atoms with Crippen LogP contribution in [0.4, 0.5) is 0 Å². The van der Waals surface area contributed by atoms with Crippen LogP contribution in [0.15, 0.2) is 0 Å². The molecule has 0 aromatic heterocycles. The molecule has 2 N–H and O–H groups in total. The number of amides is 1. The van der Waals surface area contributed by atoms with Gasteiger partial charge < -0.3 is 15.4 Å². The molecule has 5 nitrogen and oxygen atoms in total. The van der Waals surface area contributed by atoms with Gasteiger partial charge in [0.05, 0.1) is 13.0 Å². The maximum Gasteiger partial charge on any atom is 0.307 e. The molecule has 1 aliphatic heterocycles. The molecule has 0 unspecified atom stereocenters. The number of rotatable bonds is 5. The molecule has 0 spiro atoms. The summed E-state index contributed by atoms with van der Waals surface area (Å²) in [7, 11) is 0. The van der Waals surface area contributed by atoms with E-state index in [0.29, 0.717) is 13.2 Å². The quantitative estimate of drug-likeness (QED) is 0.687. The van der Waals surface area contributed by atoms with Gasteiger partial charge in [-0.05, 0) is 32.9 Å². The van der Waals surface area contributed by atoms with Crippen LogP contribution in [0.1, 0.15) is 33.1 Å². The minimum Gasteiger partial charge on any atom is -0.466 e. The van der Waals surface area contributed by atoms with Crippen molar-refractivity contribution in [1.29, 1.82) is 0 Å². The highest BCUT2D eigenvalue weighted by atomic mass is 16.5. The van der Waals surface area contributed by atoms with Crippen LogP contribution in [0.2, 0.25) is 0 Å².